The van der Waals surface area contributed by atoms with Gasteiger partial charge < -0.3 is 24.7 Å². The van der Waals surface area contributed by atoms with Gasteiger partial charge >= 0.3 is 0 Å². The molecule has 156 valence electrons. The lowest BCUT2D eigenvalue weighted by atomic mass is 9.77. The van der Waals surface area contributed by atoms with E-state index in [0.29, 0.717) is 18.4 Å². The summed E-state index contributed by atoms with van der Waals surface area (Å²) in [6, 6.07) is 7.80. The molecule has 1 aromatic carbocycles. The van der Waals surface area contributed by atoms with Crippen LogP contribution in [0.25, 0.3) is 11.0 Å². The van der Waals surface area contributed by atoms with Gasteiger partial charge in [-0.3, -0.25) is 9.59 Å². The summed E-state index contributed by atoms with van der Waals surface area (Å²) in [7, 11) is 1.68. The lowest BCUT2D eigenvalue weighted by Gasteiger charge is -2.37. The van der Waals surface area contributed by atoms with Crippen molar-refractivity contribution >= 4 is 22.8 Å². The number of rotatable bonds is 6. The maximum Gasteiger partial charge on any atom is 0.248 e. The van der Waals surface area contributed by atoms with E-state index in [0.717, 1.165) is 36.2 Å². The van der Waals surface area contributed by atoms with Crippen molar-refractivity contribution in [2.75, 3.05) is 26.8 Å². The first kappa shape index (κ1) is 19.8. The lowest BCUT2D eigenvalue weighted by molar-refractivity contribution is -0.135. The van der Waals surface area contributed by atoms with Gasteiger partial charge in [0, 0.05) is 27.1 Å². The Kier molecular flexibility index (Phi) is 5.82. The average Bonchev–Trinajstić information content (AvgIpc) is 3.29. The van der Waals surface area contributed by atoms with E-state index in [1.54, 1.807) is 7.11 Å². The number of likely N-dealkylation sites (tertiary alicyclic amines) is 1. The molecule has 2 amide bonds. The third-order valence-corrected chi connectivity index (χ3v) is 6.06. The number of hydrogen-bond donors (Lipinski definition) is 2. The predicted molar refractivity (Wildman–Crippen MR) is 107 cm³/mol. The monoisotopic (exact) mass is 400 g/mol. The summed E-state index contributed by atoms with van der Waals surface area (Å²) in [5.41, 5.74) is 1.85. The van der Waals surface area contributed by atoms with Gasteiger partial charge in [0.25, 0.3) is 0 Å². The molecule has 2 heterocycles. The van der Waals surface area contributed by atoms with Gasteiger partial charge in [0.1, 0.15) is 19.0 Å². The number of H-pyrrole nitrogens is 1. The van der Waals surface area contributed by atoms with Crippen molar-refractivity contribution in [1.82, 2.24) is 20.2 Å². The number of hydrogen-bond acceptors (Lipinski definition) is 5. The van der Waals surface area contributed by atoms with E-state index < -0.39 is 0 Å². The van der Waals surface area contributed by atoms with Crippen LogP contribution >= 0.6 is 0 Å². The van der Waals surface area contributed by atoms with Crippen LogP contribution in [0.3, 0.4) is 0 Å². The molecule has 1 saturated heterocycles. The molecule has 1 saturated carbocycles. The Morgan fingerprint density at radius 2 is 2.00 bits per heavy atom. The molecule has 4 atom stereocenters. The van der Waals surface area contributed by atoms with Crippen LogP contribution in [-0.4, -0.2) is 65.6 Å². The Labute approximate surface area is 169 Å². The maximum atomic E-state index is 12.6. The average molecular weight is 400 g/mol. The van der Waals surface area contributed by atoms with Crippen molar-refractivity contribution in [2.24, 2.45) is 11.8 Å². The number of nitrogens with one attached hydrogen (secondary N) is 2. The Hall–Kier alpha value is -2.45. The summed E-state index contributed by atoms with van der Waals surface area (Å²) in [4.78, 5) is 33.7. The van der Waals surface area contributed by atoms with Gasteiger partial charge in [-0.25, -0.2) is 4.98 Å². The normalized spacial score (nSPS) is 26.5. The summed E-state index contributed by atoms with van der Waals surface area (Å²) in [5, 5.41) is 3.00. The van der Waals surface area contributed by atoms with E-state index in [2.05, 4.69) is 15.3 Å². The number of carbonyl (C=O) groups excluding carboxylic acids is 2. The fraction of sp³-hybridized carbons (Fsp3) is 0.571. The standard InChI is InChI=1S/C21H28N4O4/c1-13(26)22-18-7-14-9-25(10-15(14)8-19(18)28-2)21(27)12-29-11-20-23-16-5-3-4-6-17(16)24-20/h3-6,14-15,18-19H,7-12H2,1-2H3,(H,22,26)(H,23,24)/t14-,15+,18-,19-/m1/s1. The predicted octanol–water partition coefficient (Wildman–Crippen LogP) is 1.47. The van der Waals surface area contributed by atoms with Crippen LogP contribution in [0.1, 0.15) is 25.6 Å². The first-order valence-corrected chi connectivity index (χ1v) is 10.1. The third kappa shape index (κ3) is 4.43. The highest BCUT2D eigenvalue weighted by atomic mass is 16.5. The molecule has 0 unspecified atom stereocenters. The third-order valence-electron chi connectivity index (χ3n) is 6.06. The topological polar surface area (TPSA) is 96.5 Å². The number of nitrogens with zero attached hydrogens (tertiary/aromatic N) is 2. The quantitative estimate of drug-likeness (QED) is 0.765. The van der Waals surface area contributed by atoms with Crippen molar-refractivity contribution in [3.8, 4) is 0 Å². The Bertz CT molecular complexity index is 849. The van der Waals surface area contributed by atoms with Crippen LogP contribution in [0.4, 0.5) is 0 Å². The summed E-state index contributed by atoms with van der Waals surface area (Å²) >= 11 is 0. The van der Waals surface area contributed by atoms with Gasteiger partial charge in [-0.15, -0.1) is 0 Å². The number of fused-ring (bicyclic) bond motifs is 2. The van der Waals surface area contributed by atoms with Crippen LogP contribution in [0, 0.1) is 11.8 Å². The van der Waals surface area contributed by atoms with Crippen LogP contribution in [0.5, 0.6) is 0 Å². The molecule has 8 heteroatoms. The van der Waals surface area contributed by atoms with Crippen LogP contribution in [0.2, 0.25) is 0 Å². The molecular weight excluding hydrogens is 372 g/mol. The molecule has 2 aliphatic rings. The molecule has 4 rings (SSSR count). The molecule has 1 aliphatic carbocycles. The van der Waals surface area contributed by atoms with Gasteiger partial charge in [0.2, 0.25) is 11.8 Å². The van der Waals surface area contributed by atoms with Crippen molar-refractivity contribution in [2.45, 2.75) is 38.5 Å². The van der Waals surface area contributed by atoms with Crippen molar-refractivity contribution < 1.29 is 19.1 Å². The van der Waals surface area contributed by atoms with Gasteiger partial charge in [-0.1, -0.05) is 12.1 Å². The zero-order chi connectivity index (χ0) is 20.4. The summed E-state index contributed by atoms with van der Waals surface area (Å²) in [6.45, 7) is 3.29. The number of imidazole rings is 1. The number of benzene rings is 1. The van der Waals surface area contributed by atoms with Crippen molar-refractivity contribution in [3.05, 3.63) is 30.1 Å². The van der Waals surface area contributed by atoms with Gasteiger partial charge in [-0.2, -0.15) is 0 Å². The first-order chi connectivity index (χ1) is 14.0. The zero-order valence-corrected chi connectivity index (χ0v) is 16.9. The van der Waals surface area contributed by atoms with E-state index >= 15 is 0 Å². The maximum absolute atomic E-state index is 12.6. The Balaban J connectivity index is 1.28. The highest BCUT2D eigenvalue weighted by Crippen LogP contribution is 2.37. The fourth-order valence-electron chi connectivity index (χ4n) is 4.69. The highest BCUT2D eigenvalue weighted by molar-refractivity contribution is 5.78. The largest absolute Gasteiger partial charge is 0.379 e. The SMILES string of the molecule is CO[C@@H]1C[C@H]2CN(C(=O)COCc3nc4ccccc4[nH]3)C[C@H]2C[C@H]1NC(C)=O. The number of aromatic nitrogens is 2. The number of amides is 2. The van der Waals surface area contributed by atoms with E-state index in [4.69, 9.17) is 9.47 Å². The number of carbonyl (C=O) groups is 2. The molecule has 0 radical (unpaired) electrons. The van der Waals surface area contributed by atoms with Gasteiger partial charge in [0.05, 0.1) is 23.2 Å². The summed E-state index contributed by atoms with van der Waals surface area (Å²) in [6.07, 6.45) is 1.70. The van der Waals surface area contributed by atoms with E-state index in [9.17, 15) is 9.59 Å². The second kappa shape index (κ2) is 8.51. The lowest BCUT2D eigenvalue weighted by Crippen LogP contribution is -2.49. The molecule has 0 spiro atoms. The van der Waals surface area contributed by atoms with Gasteiger partial charge in [-0.05, 0) is 36.8 Å². The Morgan fingerprint density at radius 1 is 1.24 bits per heavy atom. The minimum absolute atomic E-state index is 0.000429. The molecule has 0 bridgehead atoms. The first-order valence-electron chi connectivity index (χ1n) is 10.1. The minimum atomic E-state index is -0.0413. The molecule has 2 N–H and O–H groups in total. The number of ether oxygens (including phenoxy) is 2. The summed E-state index contributed by atoms with van der Waals surface area (Å²) < 4.78 is 11.2. The van der Waals surface area contributed by atoms with E-state index in [1.807, 2.05) is 29.2 Å². The van der Waals surface area contributed by atoms with Crippen LogP contribution < -0.4 is 5.32 Å². The minimum Gasteiger partial charge on any atom is -0.379 e. The van der Waals surface area contributed by atoms with E-state index in [-0.39, 0.29) is 37.2 Å². The van der Waals surface area contributed by atoms with Crippen LogP contribution in [0.15, 0.2) is 24.3 Å². The second-order valence-electron chi connectivity index (χ2n) is 8.06. The molecule has 1 aromatic heterocycles. The molecule has 2 fully saturated rings. The van der Waals surface area contributed by atoms with Crippen LogP contribution in [-0.2, 0) is 25.7 Å². The zero-order valence-electron chi connectivity index (χ0n) is 16.9. The van der Waals surface area contributed by atoms with Gasteiger partial charge in [0.15, 0.2) is 0 Å². The molecule has 29 heavy (non-hydrogen) atoms. The molecule has 2 aromatic rings. The fourth-order valence-corrected chi connectivity index (χ4v) is 4.69. The number of para-hydroxylation sites is 2. The molecular formula is C21H28N4O4. The number of aromatic amines is 1. The van der Waals surface area contributed by atoms with Crippen molar-refractivity contribution in [1.29, 1.82) is 0 Å². The second-order valence-corrected chi connectivity index (χ2v) is 8.06. The smallest absolute Gasteiger partial charge is 0.248 e. The van der Waals surface area contributed by atoms with E-state index in [1.165, 1.54) is 6.92 Å². The molecule has 8 nitrogen and oxygen atoms in total. The summed E-state index contributed by atoms with van der Waals surface area (Å²) in [5.74, 6) is 1.47. The Morgan fingerprint density at radius 3 is 2.72 bits per heavy atom. The highest BCUT2D eigenvalue weighted by Gasteiger charge is 2.43. The van der Waals surface area contributed by atoms with Crippen molar-refractivity contribution in [3.63, 3.8) is 0 Å². The number of methoxy groups -OCH3 is 1. The molecule has 1 aliphatic heterocycles.